The predicted molar refractivity (Wildman–Crippen MR) is 96.1 cm³/mol. The maximum absolute atomic E-state index is 12.6. The second-order valence-electron chi connectivity index (χ2n) is 6.29. The van der Waals surface area contributed by atoms with Gasteiger partial charge in [0.1, 0.15) is 5.82 Å². The van der Waals surface area contributed by atoms with Gasteiger partial charge in [0.25, 0.3) is 5.56 Å². The van der Waals surface area contributed by atoms with Crippen molar-refractivity contribution in [3.63, 3.8) is 0 Å². The summed E-state index contributed by atoms with van der Waals surface area (Å²) in [7, 11) is 0. The SMILES string of the molecule is Cc1cccc(C#Cc2ccc3c(=O)n4c(nc3c2)CCCC4)c1. The topological polar surface area (TPSA) is 34.9 Å². The van der Waals surface area contributed by atoms with Crippen molar-refractivity contribution in [1.82, 2.24) is 9.55 Å². The monoisotopic (exact) mass is 314 g/mol. The molecule has 2 aromatic carbocycles. The highest BCUT2D eigenvalue weighted by Gasteiger charge is 2.14. The zero-order chi connectivity index (χ0) is 16.5. The summed E-state index contributed by atoms with van der Waals surface area (Å²) in [4.78, 5) is 17.3. The smallest absolute Gasteiger partial charge is 0.261 e. The van der Waals surface area contributed by atoms with Gasteiger partial charge in [-0.25, -0.2) is 4.98 Å². The van der Waals surface area contributed by atoms with Gasteiger partial charge in [-0.2, -0.15) is 0 Å². The lowest BCUT2D eigenvalue weighted by Gasteiger charge is -2.17. The van der Waals surface area contributed by atoms with Crippen LogP contribution in [0.4, 0.5) is 0 Å². The van der Waals surface area contributed by atoms with E-state index < -0.39 is 0 Å². The van der Waals surface area contributed by atoms with Crippen molar-refractivity contribution in [2.45, 2.75) is 32.7 Å². The molecule has 1 aliphatic rings. The van der Waals surface area contributed by atoms with E-state index in [1.807, 2.05) is 34.9 Å². The lowest BCUT2D eigenvalue weighted by atomic mass is 10.1. The van der Waals surface area contributed by atoms with Gasteiger partial charge in [0.05, 0.1) is 10.9 Å². The molecule has 3 nitrogen and oxygen atoms in total. The Kier molecular flexibility index (Phi) is 3.66. The van der Waals surface area contributed by atoms with E-state index in [4.69, 9.17) is 4.98 Å². The lowest BCUT2D eigenvalue weighted by molar-refractivity contribution is 0.501. The average Bonchev–Trinajstić information content (AvgIpc) is 2.60. The quantitative estimate of drug-likeness (QED) is 0.596. The predicted octanol–water partition coefficient (Wildman–Crippen LogP) is 3.44. The highest BCUT2D eigenvalue weighted by atomic mass is 16.1. The summed E-state index contributed by atoms with van der Waals surface area (Å²) in [6.45, 7) is 2.84. The standard InChI is InChI=1S/C21H18N2O/c1-15-5-4-6-16(13-15)8-9-17-10-11-18-19(14-17)22-20-7-2-3-12-23(20)21(18)24/h4-6,10-11,13-14H,2-3,7,12H2,1H3. The van der Waals surface area contributed by atoms with Crippen LogP contribution in [0.5, 0.6) is 0 Å². The van der Waals surface area contributed by atoms with Crippen LogP contribution < -0.4 is 5.56 Å². The van der Waals surface area contributed by atoms with E-state index in [0.29, 0.717) is 5.39 Å². The van der Waals surface area contributed by atoms with Gasteiger partial charge < -0.3 is 0 Å². The summed E-state index contributed by atoms with van der Waals surface area (Å²) >= 11 is 0. The van der Waals surface area contributed by atoms with Crippen LogP contribution in [0.1, 0.15) is 35.4 Å². The maximum atomic E-state index is 12.6. The molecule has 0 amide bonds. The largest absolute Gasteiger partial charge is 0.296 e. The normalized spacial score (nSPS) is 13.2. The van der Waals surface area contributed by atoms with Crippen molar-refractivity contribution in [2.75, 3.05) is 0 Å². The van der Waals surface area contributed by atoms with E-state index in [1.54, 1.807) is 0 Å². The van der Waals surface area contributed by atoms with Crippen molar-refractivity contribution in [3.8, 4) is 11.8 Å². The minimum atomic E-state index is 0.0768. The Morgan fingerprint density at radius 3 is 2.71 bits per heavy atom. The summed E-state index contributed by atoms with van der Waals surface area (Å²) in [5, 5.41) is 0.682. The van der Waals surface area contributed by atoms with Crippen LogP contribution >= 0.6 is 0 Å². The van der Waals surface area contributed by atoms with Crippen LogP contribution in [0.2, 0.25) is 0 Å². The van der Waals surface area contributed by atoms with Crippen LogP contribution in [0.15, 0.2) is 47.3 Å². The molecule has 3 aromatic rings. The maximum Gasteiger partial charge on any atom is 0.261 e. The van der Waals surface area contributed by atoms with Gasteiger partial charge in [-0.3, -0.25) is 9.36 Å². The molecule has 4 rings (SSSR count). The summed E-state index contributed by atoms with van der Waals surface area (Å²) in [6.07, 6.45) is 3.04. The third-order valence-electron chi connectivity index (χ3n) is 4.44. The van der Waals surface area contributed by atoms with Gasteiger partial charge in [0.2, 0.25) is 0 Å². The highest BCUT2D eigenvalue weighted by molar-refractivity contribution is 5.79. The van der Waals surface area contributed by atoms with Gasteiger partial charge in [0.15, 0.2) is 0 Å². The van der Waals surface area contributed by atoms with Crippen molar-refractivity contribution in [3.05, 3.63) is 75.3 Å². The third kappa shape index (κ3) is 2.72. The molecule has 0 radical (unpaired) electrons. The molecule has 0 N–H and O–H groups in total. The Morgan fingerprint density at radius 1 is 1.04 bits per heavy atom. The van der Waals surface area contributed by atoms with E-state index >= 15 is 0 Å². The Morgan fingerprint density at radius 2 is 1.88 bits per heavy atom. The Balaban J connectivity index is 1.78. The Hall–Kier alpha value is -2.86. The fourth-order valence-corrected chi connectivity index (χ4v) is 3.19. The summed E-state index contributed by atoms with van der Waals surface area (Å²) in [5.74, 6) is 7.27. The Labute approximate surface area is 141 Å². The molecule has 0 saturated heterocycles. The van der Waals surface area contributed by atoms with E-state index in [-0.39, 0.29) is 5.56 Å². The molecule has 0 atom stereocenters. The highest BCUT2D eigenvalue weighted by Crippen LogP contribution is 2.16. The minimum absolute atomic E-state index is 0.0768. The molecule has 0 bridgehead atoms. The zero-order valence-electron chi connectivity index (χ0n) is 13.7. The fourth-order valence-electron chi connectivity index (χ4n) is 3.19. The van der Waals surface area contributed by atoms with Crippen molar-refractivity contribution >= 4 is 10.9 Å². The number of aryl methyl sites for hydroxylation is 2. The van der Waals surface area contributed by atoms with Gasteiger partial charge in [-0.1, -0.05) is 24.0 Å². The molecule has 0 spiro atoms. The van der Waals surface area contributed by atoms with Crippen LogP contribution in [0, 0.1) is 18.8 Å². The molecule has 2 heterocycles. The first-order valence-corrected chi connectivity index (χ1v) is 8.33. The van der Waals surface area contributed by atoms with Gasteiger partial charge in [-0.05, 0) is 55.7 Å². The van der Waals surface area contributed by atoms with Crippen molar-refractivity contribution in [2.24, 2.45) is 0 Å². The van der Waals surface area contributed by atoms with Crippen molar-refractivity contribution < 1.29 is 0 Å². The minimum Gasteiger partial charge on any atom is -0.296 e. The number of hydrogen-bond donors (Lipinski definition) is 0. The molecule has 3 heteroatoms. The zero-order valence-corrected chi connectivity index (χ0v) is 13.7. The van der Waals surface area contributed by atoms with E-state index in [1.165, 1.54) is 5.56 Å². The molecule has 0 saturated carbocycles. The van der Waals surface area contributed by atoms with E-state index in [2.05, 4.69) is 30.9 Å². The molecule has 1 aromatic heterocycles. The first-order chi connectivity index (χ1) is 11.7. The number of rotatable bonds is 0. The number of fused-ring (bicyclic) bond motifs is 2. The van der Waals surface area contributed by atoms with E-state index in [0.717, 1.165) is 48.3 Å². The van der Waals surface area contributed by atoms with Gasteiger partial charge >= 0.3 is 0 Å². The molecule has 24 heavy (non-hydrogen) atoms. The van der Waals surface area contributed by atoms with Crippen LogP contribution in [0.3, 0.4) is 0 Å². The first-order valence-electron chi connectivity index (χ1n) is 8.33. The van der Waals surface area contributed by atoms with Crippen LogP contribution in [-0.2, 0) is 13.0 Å². The third-order valence-corrected chi connectivity index (χ3v) is 4.44. The summed E-state index contributed by atoms with van der Waals surface area (Å²) in [5.41, 5.74) is 3.91. The molecule has 0 aliphatic carbocycles. The van der Waals surface area contributed by atoms with Crippen LogP contribution in [0.25, 0.3) is 10.9 Å². The summed E-state index contributed by atoms with van der Waals surface area (Å²) in [6, 6.07) is 13.8. The number of hydrogen-bond acceptors (Lipinski definition) is 2. The van der Waals surface area contributed by atoms with Gasteiger partial charge in [0, 0.05) is 24.1 Å². The molecular formula is C21H18N2O. The first kappa shape index (κ1) is 14.7. The van der Waals surface area contributed by atoms with Crippen molar-refractivity contribution in [1.29, 1.82) is 0 Å². The van der Waals surface area contributed by atoms with E-state index in [9.17, 15) is 4.79 Å². The summed E-state index contributed by atoms with van der Waals surface area (Å²) < 4.78 is 1.82. The molecular weight excluding hydrogens is 296 g/mol. The fraction of sp³-hybridized carbons (Fsp3) is 0.238. The number of benzene rings is 2. The number of nitrogens with zero attached hydrogens (tertiary/aromatic N) is 2. The Bertz CT molecular complexity index is 1050. The lowest BCUT2D eigenvalue weighted by Crippen LogP contribution is -2.28. The van der Waals surface area contributed by atoms with Crippen LogP contribution in [-0.4, -0.2) is 9.55 Å². The molecule has 0 fully saturated rings. The second kappa shape index (κ2) is 5.98. The molecule has 118 valence electrons. The average molecular weight is 314 g/mol. The number of aromatic nitrogens is 2. The molecule has 1 aliphatic heterocycles. The second-order valence-corrected chi connectivity index (χ2v) is 6.29. The molecule has 0 unspecified atom stereocenters. The van der Waals surface area contributed by atoms with Gasteiger partial charge in [-0.15, -0.1) is 0 Å².